The molecule has 0 unspecified atom stereocenters. The minimum Gasteiger partial charge on any atom is -0.349 e. The van der Waals surface area contributed by atoms with Crippen LogP contribution in [0.4, 0.5) is 0 Å². The molecule has 6 nitrogen and oxygen atoms in total. The molecule has 0 spiro atoms. The van der Waals surface area contributed by atoms with E-state index in [0.29, 0.717) is 18.3 Å². The van der Waals surface area contributed by atoms with Gasteiger partial charge in [-0.3, -0.25) is 14.4 Å². The number of nitrogens with one attached hydrogen (secondary N) is 1. The lowest BCUT2D eigenvalue weighted by molar-refractivity contribution is 0.0944. The third-order valence-corrected chi connectivity index (χ3v) is 5.74. The molecule has 1 atom stereocenters. The molecular weight excluding hydrogens is 338 g/mol. The first-order valence-corrected chi connectivity index (χ1v) is 9.90. The summed E-state index contributed by atoms with van der Waals surface area (Å²) in [5.41, 5.74) is 4.69. The Hall–Kier alpha value is -2.18. The first-order valence-electron chi connectivity index (χ1n) is 9.90. The summed E-state index contributed by atoms with van der Waals surface area (Å²) >= 11 is 0. The highest BCUT2D eigenvalue weighted by atomic mass is 16.1. The minimum absolute atomic E-state index is 0.0723. The molecule has 6 heteroatoms. The number of carbonyl (C=O) groups excluding carboxylic acids is 1. The van der Waals surface area contributed by atoms with E-state index < -0.39 is 0 Å². The van der Waals surface area contributed by atoms with Gasteiger partial charge < -0.3 is 10.2 Å². The van der Waals surface area contributed by atoms with E-state index in [9.17, 15) is 4.79 Å². The Morgan fingerprint density at radius 3 is 2.89 bits per heavy atom. The topological polar surface area (TPSA) is 53.4 Å². The maximum atomic E-state index is 12.3. The zero-order valence-corrected chi connectivity index (χ0v) is 16.3. The molecule has 0 saturated heterocycles. The monoisotopic (exact) mass is 367 g/mol. The summed E-state index contributed by atoms with van der Waals surface area (Å²) in [7, 11) is 4.00. The number of aryl methyl sites for hydroxylation is 1. The summed E-state index contributed by atoms with van der Waals surface area (Å²) in [5, 5.41) is 7.48. The first kappa shape index (κ1) is 18.2. The van der Waals surface area contributed by atoms with Gasteiger partial charge in [0.05, 0.1) is 12.2 Å². The van der Waals surface area contributed by atoms with Gasteiger partial charge in [-0.1, -0.05) is 24.3 Å². The number of nitrogens with zero attached hydrogens (tertiary/aromatic N) is 4. The summed E-state index contributed by atoms with van der Waals surface area (Å²) in [6.07, 6.45) is 3.50. The number of carbonyl (C=O) groups is 1. The molecular formula is C21H29N5O. The summed E-state index contributed by atoms with van der Waals surface area (Å²) in [6, 6.07) is 11.4. The first-order chi connectivity index (χ1) is 13.1. The van der Waals surface area contributed by atoms with Gasteiger partial charge in [-0.15, -0.1) is 0 Å². The Morgan fingerprint density at radius 2 is 2.07 bits per heavy atom. The Kier molecular flexibility index (Phi) is 5.27. The molecule has 0 saturated carbocycles. The maximum Gasteiger partial charge on any atom is 0.271 e. The van der Waals surface area contributed by atoms with Crippen LogP contribution in [0.2, 0.25) is 0 Å². The van der Waals surface area contributed by atoms with Crippen molar-refractivity contribution in [2.75, 3.05) is 33.7 Å². The molecule has 0 bridgehead atoms. The van der Waals surface area contributed by atoms with Crippen molar-refractivity contribution < 1.29 is 4.79 Å². The van der Waals surface area contributed by atoms with Crippen LogP contribution in [0.5, 0.6) is 0 Å². The minimum atomic E-state index is -0.0723. The molecule has 0 radical (unpaired) electrons. The SMILES string of the molecule is CN(C)CCNC(=O)c1cc2n(n1)CCN([C@H]1CCc3ccccc3C1)C2. The number of aromatic nitrogens is 2. The van der Waals surface area contributed by atoms with Crippen molar-refractivity contribution in [3.05, 3.63) is 52.8 Å². The van der Waals surface area contributed by atoms with Crippen LogP contribution in [0.1, 0.15) is 33.7 Å². The molecule has 4 rings (SSSR count). The van der Waals surface area contributed by atoms with E-state index in [-0.39, 0.29) is 5.91 Å². The van der Waals surface area contributed by atoms with Crippen molar-refractivity contribution in [3.63, 3.8) is 0 Å². The highest BCUT2D eigenvalue weighted by Gasteiger charge is 2.28. The van der Waals surface area contributed by atoms with E-state index in [1.54, 1.807) is 0 Å². The lowest BCUT2D eigenvalue weighted by Crippen LogP contribution is -2.43. The van der Waals surface area contributed by atoms with Crippen molar-refractivity contribution in [2.45, 2.75) is 38.4 Å². The fourth-order valence-electron chi connectivity index (χ4n) is 4.18. The molecule has 144 valence electrons. The van der Waals surface area contributed by atoms with E-state index in [4.69, 9.17) is 0 Å². The van der Waals surface area contributed by atoms with Crippen LogP contribution < -0.4 is 5.32 Å². The molecule has 1 aromatic heterocycles. The van der Waals surface area contributed by atoms with Crippen LogP contribution in [0.25, 0.3) is 0 Å². The van der Waals surface area contributed by atoms with Crippen LogP contribution in [0.15, 0.2) is 30.3 Å². The van der Waals surface area contributed by atoms with Gasteiger partial charge in [0.15, 0.2) is 0 Å². The van der Waals surface area contributed by atoms with Gasteiger partial charge in [-0.2, -0.15) is 5.10 Å². The molecule has 0 fully saturated rings. The normalized spacial score (nSPS) is 19.6. The lowest BCUT2D eigenvalue weighted by atomic mass is 9.87. The number of hydrogen-bond acceptors (Lipinski definition) is 4. The third-order valence-electron chi connectivity index (χ3n) is 5.74. The highest BCUT2D eigenvalue weighted by molar-refractivity contribution is 5.92. The van der Waals surface area contributed by atoms with Crippen molar-refractivity contribution >= 4 is 5.91 Å². The number of rotatable bonds is 5. The Labute approximate surface area is 161 Å². The summed E-state index contributed by atoms with van der Waals surface area (Å²) in [4.78, 5) is 17.0. The second-order valence-electron chi connectivity index (χ2n) is 7.94. The molecule has 1 aliphatic carbocycles. The average Bonchev–Trinajstić information content (AvgIpc) is 3.10. The summed E-state index contributed by atoms with van der Waals surface area (Å²) in [5.74, 6) is -0.0723. The number of benzene rings is 1. The van der Waals surface area contributed by atoms with Gasteiger partial charge in [0, 0.05) is 32.2 Å². The molecule has 2 aromatic rings. The Balaban J connectivity index is 1.39. The van der Waals surface area contributed by atoms with Gasteiger partial charge >= 0.3 is 0 Å². The second-order valence-corrected chi connectivity index (χ2v) is 7.94. The van der Waals surface area contributed by atoms with Gasteiger partial charge in [0.1, 0.15) is 5.69 Å². The largest absolute Gasteiger partial charge is 0.349 e. The van der Waals surface area contributed by atoms with E-state index in [2.05, 4.69) is 44.5 Å². The van der Waals surface area contributed by atoms with Gasteiger partial charge in [-0.05, 0) is 50.6 Å². The van der Waals surface area contributed by atoms with Crippen LogP contribution in [-0.4, -0.2) is 65.3 Å². The van der Waals surface area contributed by atoms with E-state index in [1.165, 1.54) is 17.5 Å². The molecule has 1 amide bonds. The number of hydrogen-bond donors (Lipinski definition) is 1. The fourth-order valence-corrected chi connectivity index (χ4v) is 4.18. The highest BCUT2D eigenvalue weighted by Crippen LogP contribution is 2.27. The van der Waals surface area contributed by atoms with E-state index in [1.807, 2.05) is 24.8 Å². The van der Waals surface area contributed by atoms with E-state index >= 15 is 0 Å². The van der Waals surface area contributed by atoms with Crippen LogP contribution in [0, 0.1) is 0 Å². The molecule has 1 aromatic carbocycles. The number of likely N-dealkylation sites (N-methyl/N-ethyl adjacent to an activating group) is 1. The van der Waals surface area contributed by atoms with Crippen LogP contribution in [0.3, 0.4) is 0 Å². The smallest absolute Gasteiger partial charge is 0.271 e. The summed E-state index contributed by atoms with van der Waals surface area (Å²) < 4.78 is 2.01. The molecule has 1 N–H and O–H groups in total. The second kappa shape index (κ2) is 7.82. The number of fused-ring (bicyclic) bond motifs is 2. The zero-order valence-electron chi connectivity index (χ0n) is 16.3. The van der Waals surface area contributed by atoms with Crippen LogP contribution >= 0.6 is 0 Å². The fraction of sp³-hybridized carbons (Fsp3) is 0.524. The standard InChI is InChI=1S/C21H29N5O/c1-24(2)10-9-22-21(27)20-14-19-15-25(11-12-26(19)23-20)18-8-7-16-5-3-4-6-17(16)13-18/h3-6,14,18H,7-13,15H2,1-2H3,(H,22,27)/t18-/m0/s1. The van der Waals surface area contributed by atoms with Gasteiger partial charge in [0.2, 0.25) is 0 Å². The quantitative estimate of drug-likeness (QED) is 0.871. The summed E-state index contributed by atoms with van der Waals surface area (Å²) in [6.45, 7) is 4.21. The van der Waals surface area contributed by atoms with E-state index in [0.717, 1.165) is 44.7 Å². The Bertz CT molecular complexity index is 813. The van der Waals surface area contributed by atoms with Crippen molar-refractivity contribution in [3.8, 4) is 0 Å². The third kappa shape index (κ3) is 4.06. The van der Waals surface area contributed by atoms with Crippen molar-refractivity contribution in [1.82, 2.24) is 24.9 Å². The predicted molar refractivity (Wildman–Crippen MR) is 106 cm³/mol. The molecule has 27 heavy (non-hydrogen) atoms. The molecule has 2 heterocycles. The maximum absolute atomic E-state index is 12.3. The van der Waals surface area contributed by atoms with Gasteiger partial charge in [-0.25, -0.2) is 0 Å². The zero-order chi connectivity index (χ0) is 18.8. The van der Waals surface area contributed by atoms with Crippen molar-refractivity contribution in [2.24, 2.45) is 0 Å². The Morgan fingerprint density at radius 1 is 1.26 bits per heavy atom. The van der Waals surface area contributed by atoms with Crippen molar-refractivity contribution in [1.29, 1.82) is 0 Å². The molecule has 1 aliphatic heterocycles. The predicted octanol–water partition coefficient (Wildman–Crippen LogP) is 1.55. The van der Waals surface area contributed by atoms with Crippen LogP contribution in [-0.2, 0) is 25.9 Å². The van der Waals surface area contributed by atoms with Gasteiger partial charge in [0.25, 0.3) is 5.91 Å². The number of amides is 1. The lowest BCUT2D eigenvalue weighted by Gasteiger charge is -2.37. The molecule has 2 aliphatic rings. The average molecular weight is 367 g/mol.